The third kappa shape index (κ3) is 2.16. The third-order valence-corrected chi connectivity index (χ3v) is 2.58. The molecule has 1 unspecified atom stereocenters. The van der Waals surface area contributed by atoms with Gasteiger partial charge in [-0.2, -0.15) is 4.98 Å². The summed E-state index contributed by atoms with van der Waals surface area (Å²) >= 11 is 1.61. The summed E-state index contributed by atoms with van der Waals surface area (Å²) in [6, 6.07) is 0.287. The minimum atomic E-state index is 0.287. The second-order valence-corrected chi connectivity index (χ2v) is 3.92. The first kappa shape index (κ1) is 9.73. The zero-order valence-corrected chi connectivity index (χ0v) is 8.88. The van der Waals surface area contributed by atoms with Crippen LogP contribution in [0, 0.1) is 0 Å². The Bertz CT molecular complexity index is 318. The molecule has 0 radical (unpaired) electrons. The van der Waals surface area contributed by atoms with Crippen LogP contribution < -0.4 is 5.32 Å². The minimum absolute atomic E-state index is 0.287. The van der Waals surface area contributed by atoms with Crippen molar-refractivity contribution >= 4 is 17.8 Å². The Labute approximate surface area is 87.1 Å². The maximum atomic E-state index is 5.08. The predicted octanol–water partition coefficient (Wildman–Crippen LogP) is 1.83. The normalized spacial score (nSPS) is 22.2. The highest BCUT2D eigenvalue weighted by Crippen LogP contribution is 2.20. The first-order valence-corrected chi connectivity index (χ1v) is 5.95. The van der Waals surface area contributed by atoms with Crippen LogP contribution >= 0.6 is 11.8 Å². The molecule has 0 amide bonds. The second-order valence-electron chi connectivity index (χ2n) is 3.18. The summed E-state index contributed by atoms with van der Waals surface area (Å²) < 4.78 is 5.08. The Morgan fingerprint density at radius 1 is 1.64 bits per heavy atom. The predicted molar refractivity (Wildman–Crippen MR) is 56.8 cm³/mol. The fourth-order valence-electron chi connectivity index (χ4n) is 1.49. The quantitative estimate of drug-likeness (QED) is 0.826. The van der Waals surface area contributed by atoms with Gasteiger partial charge >= 0.3 is 0 Å². The standard InChI is InChI=1S/C9H13N3OS/c1-14-6-4-8-11-9(12-13-8)7-3-2-5-10-7/h4,6-7,10H,2-3,5H2,1H3/b6-4+. The average molecular weight is 211 g/mol. The highest BCUT2D eigenvalue weighted by molar-refractivity contribution is 8.01. The smallest absolute Gasteiger partial charge is 0.251 e. The molecule has 2 rings (SSSR count). The van der Waals surface area contributed by atoms with Crippen LogP contribution in [-0.2, 0) is 0 Å². The van der Waals surface area contributed by atoms with Gasteiger partial charge in [0.1, 0.15) is 0 Å². The summed E-state index contributed by atoms with van der Waals surface area (Å²) in [5.41, 5.74) is 0. The lowest BCUT2D eigenvalue weighted by Gasteiger charge is -2.01. The molecule has 1 fully saturated rings. The van der Waals surface area contributed by atoms with E-state index in [1.165, 1.54) is 6.42 Å². The van der Waals surface area contributed by atoms with Crippen LogP contribution in [0.3, 0.4) is 0 Å². The fourth-order valence-corrected chi connectivity index (χ4v) is 1.74. The number of thioether (sulfide) groups is 1. The van der Waals surface area contributed by atoms with Crippen molar-refractivity contribution in [2.24, 2.45) is 0 Å². The summed E-state index contributed by atoms with van der Waals surface area (Å²) in [6.07, 6.45) is 6.11. The van der Waals surface area contributed by atoms with E-state index in [-0.39, 0.29) is 6.04 Å². The van der Waals surface area contributed by atoms with Crippen LogP contribution in [0.15, 0.2) is 9.93 Å². The molecule has 0 aliphatic carbocycles. The van der Waals surface area contributed by atoms with Crippen LogP contribution in [0.4, 0.5) is 0 Å². The Kier molecular flexibility index (Phi) is 3.21. The highest BCUT2D eigenvalue weighted by atomic mass is 32.2. The van der Waals surface area contributed by atoms with E-state index in [1.54, 1.807) is 11.8 Å². The summed E-state index contributed by atoms with van der Waals surface area (Å²) in [6.45, 7) is 1.05. The molecule has 1 aromatic rings. The molecule has 5 heteroatoms. The van der Waals surface area contributed by atoms with Gasteiger partial charge in [0.25, 0.3) is 5.89 Å². The largest absolute Gasteiger partial charge is 0.335 e. The van der Waals surface area contributed by atoms with E-state index in [2.05, 4.69) is 15.5 Å². The van der Waals surface area contributed by atoms with Gasteiger partial charge in [0, 0.05) is 6.08 Å². The average Bonchev–Trinajstić information content (AvgIpc) is 2.85. The van der Waals surface area contributed by atoms with Crippen molar-refractivity contribution in [2.45, 2.75) is 18.9 Å². The van der Waals surface area contributed by atoms with E-state index in [0.717, 1.165) is 18.8 Å². The SMILES string of the molecule is CS/C=C/c1nc(C2CCCN2)no1. The van der Waals surface area contributed by atoms with Crippen molar-refractivity contribution in [3.8, 4) is 0 Å². The summed E-state index contributed by atoms with van der Waals surface area (Å²) in [7, 11) is 0. The molecule has 14 heavy (non-hydrogen) atoms. The van der Waals surface area contributed by atoms with Crippen LogP contribution in [0.2, 0.25) is 0 Å². The van der Waals surface area contributed by atoms with Gasteiger partial charge in [-0.1, -0.05) is 5.16 Å². The fraction of sp³-hybridized carbons (Fsp3) is 0.556. The Morgan fingerprint density at radius 2 is 2.57 bits per heavy atom. The number of nitrogens with zero attached hydrogens (tertiary/aromatic N) is 2. The van der Waals surface area contributed by atoms with Crippen molar-refractivity contribution in [1.29, 1.82) is 0 Å². The molecule has 0 spiro atoms. The van der Waals surface area contributed by atoms with Gasteiger partial charge in [0.2, 0.25) is 0 Å². The molecule has 0 aromatic carbocycles. The first-order chi connectivity index (χ1) is 6.90. The van der Waals surface area contributed by atoms with Crippen molar-refractivity contribution in [2.75, 3.05) is 12.8 Å². The van der Waals surface area contributed by atoms with E-state index in [0.29, 0.717) is 5.89 Å². The van der Waals surface area contributed by atoms with E-state index >= 15 is 0 Å². The number of hydrogen-bond donors (Lipinski definition) is 1. The Balaban J connectivity index is 2.05. The molecule has 1 atom stereocenters. The molecule has 1 aliphatic rings. The van der Waals surface area contributed by atoms with Crippen LogP contribution in [0.25, 0.3) is 6.08 Å². The van der Waals surface area contributed by atoms with Crippen LogP contribution in [0.5, 0.6) is 0 Å². The lowest BCUT2D eigenvalue weighted by Crippen LogP contribution is -2.14. The lowest BCUT2D eigenvalue weighted by atomic mass is 10.2. The molecular weight excluding hydrogens is 198 g/mol. The maximum Gasteiger partial charge on any atom is 0.251 e. The first-order valence-electron chi connectivity index (χ1n) is 4.66. The molecule has 2 heterocycles. The third-order valence-electron chi connectivity index (χ3n) is 2.18. The molecular formula is C9H13N3OS. The number of nitrogens with one attached hydrogen (secondary N) is 1. The number of hydrogen-bond acceptors (Lipinski definition) is 5. The Hall–Kier alpha value is -0.810. The minimum Gasteiger partial charge on any atom is -0.335 e. The molecule has 1 aromatic heterocycles. The van der Waals surface area contributed by atoms with Crippen molar-refractivity contribution in [1.82, 2.24) is 15.5 Å². The number of rotatable bonds is 3. The van der Waals surface area contributed by atoms with Gasteiger partial charge in [0.15, 0.2) is 5.82 Å². The van der Waals surface area contributed by atoms with Gasteiger partial charge in [-0.3, -0.25) is 0 Å². The second kappa shape index (κ2) is 4.61. The summed E-state index contributed by atoms with van der Waals surface area (Å²) in [4.78, 5) is 4.29. The molecule has 1 aliphatic heterocycles. The van der Waals surface area contributed by atoms with E-state index in [9.17, 15) is 0 Å². The topological polar surface area (TPSA) is 51.0 Å². The van der Waals surface area contributed by atoms with Gasteiger partial charge < -0.3 is 9.84 Å². The van der Waals surface area contributed by atoms with Crippen LogP contribution in [0.1, 0.15) is 30.6 Å². The van der Waals surface area contributed by atoms with Crippen molar-refractivity contribution < 1.29 is 4.52 Å². The van der Waals surface area contributed by atoms with Crippen molar-refractivity contribution in [3.63, 3.8) is 0 Å². The molecule has 0 bridgehead atoms. The van der Waals surface area contributed by atoms with Crippen molar-refractivity contribution in [3.05, 3.63) is 17.1 Å². The van der Waals surface area contributed by atoms with E-state index in [1.807, 2.05) is 17.7 Å². The summed E-state index contributed by atoms with van der Waals surface area (Å²) in [5.74, 6) is 1.37. The van der Waals surface area contributed by atoms with Crippen LogP contribution in [-0.4, -0.2) is 22.9 Å². The molecule has 4 nitrogen and oxygen atoms in total. The van der Waals surface area contributed by atoms with Gasteiger partial charge in [0.05, 0.1) is 6.04 Å². The van der Waals surface area contributed by atoms with E-state index < -0.39 is 0 Å². The van der Waals surface area contributed by atoms with E-state index in [4.69, 9.17) is 4.52 Å². The lowest BCUT2D eigenvalue weighted by molar-refractivity contribution is 0.395. The summed E-state index contributed by atoms with van der Waals surface area (Å²) in [5, 5.41) is 9.20. The molecule has 0 saturated carbocycles. The molecule has 76 valence electrons. The van der Waals surface area contributed by atoms with Gasteiger partial charge in [-0.05, 0) is 31.1 Å². The monoisotopic (exact) mass is 211 g/mol. The number of aromatic nitrogens is 2. The van der Waals surface area contributed by atoms with Gasteiger partial charge in [-0.25, -0.2) is 0 Å². The Morgan fingerprint density at radius 3 is 3.29 bits per heavy atom. The molecule has 1 N–H and O–H groups in total. The molecule has 1 saturated heterocycles. The maximum absolute atomic E-state index is 5.08. The van der Waals surface area contributed by atoms with Gasteiger partial charge in [-0.15, -0.1) is 11.8 Å². The highest BCUT2D eigenvalue weighted by Gasteiger charge is 2.20. The zero-order chi connectivity index (χ0) is 9.80. The zero-order valence-electron chi connectivity index (χ0n) is 8.06.